The van der Waals surface area contributed by atoms with E-state index in [9.17, 15) is 8.42 Å². The molecule has 3 aliphatic rings. The van der Waals surface area contributed by atoms with Crippen LogP contribution in [-0.2, 0) is 14.6 Å². The number of anilines is 2. The zero-order chi connectivity index (χ0) is 28.5. The number of rotatable bonds is 7. The van der Waals surface area contributed by atoms with E-state index >= 15 is 0 Å². The summed E-state index contributed by atoms with van der Waals surface area (Å²) in [6, 6.07) is 8.40. The van der Waals surface area contributed by atoms with Gasteiger partial charge in [-0.15, -0.1) is 0 Å². The summed E-state index contributed by atoms with van der Waals surface area (Å²) in [7, 11) is -1.41. The van der Waals surface area contributed by atoms with Gasteiger partial charge in [0.15, 0.2) is 5.82 Å². The molecule has 0 amide bonds. The Balaban J connectivity index is 1.33. The van der Waals surface area contributed by atoms with E-state index in [1.165, 1.54) is 6.26 Å². The average molecular weight is 576 g/mol. The Kier molecular flexibility index (Phi) is 6.16. The van der Waals surface area contributed by atoms with E-state index in [4.69, 9.17) is 24.5 Å². The van der Waals surface area contributed by atoms with E-state index in [0.29, 0.717) is 30.8 Å². The van der Waals surface area contributed by atoms with Crippen molar-refractivity contribution in [3.05, 3.63) is 48.5 Å². The highest BCUT2D eigenvalue weighted by Gasteiger charge is 2.41. The first kappa shape index (κ1) is 26.1. The summed E-state index contributed by atoms with van der Waals surface area (Å²) in [5.41, 5.74) is 4.28. The Bertz CT molecular complexity index is 1760. The molecule has 4 atom stereocenters. The first-order valence-electron chi connectivity index (χ1n) is 13.9. The van der Waals surface area contributed by atoms with Gasteiger partial charge in [-0.3, -0.25) is 9.97 Å². The van der Waals surface area contributed by atoms with E-state index in [-0.39, 0.29) is 23.8 Å². The molecule has 0 aliphatic carbocycles. The number of methoxy groups -OCH3 is 1. The van der Waals surface area contributed by atoms with Crippen LogP contribution in [0.25, 0.3) is 28.0 Å². The van der Waals surface area contributed by atoms with Crippen LogP contribution >= 0.6 is 0 Å². The monoisotopic (exact) mass is 575 g/mol. The van der Waals surface area contributed by atoms with Crippen molar-refractivity contribution in [1.82, 2.24) is 24.7 Å². The molecule has 2 bridgehead atoms. The molecule has 4 aromatic heterocycles. The van der Waals surface area contributed by atoms with Crippen LogP contribution in [0.1, 0.15) is 19.0 Å². The van der Waals surface area contributed by atoms with Gasteiger partial charge in [0.25, 0.3) is 0 Å². The number of aromatic nitrogens is 5. The first-order valence-corrected chi connectivity index (χ1v) is 15.9. The number of pyridine rings is 3. The summed E-state index contributed by atoms with van der Waals surface area (Å²) in [5.74, 6) is 2.57. The fraction of sp³-hybridized carbons (Fsp3) is 0.448. The number of sulfone groups is 1. The van der Waals surface area contributed by atoms with Crippen LogP contribution in [-0.4, -0.2) is 90.2 Å². The first-order chi connectivity index (χ1) is 19.7. The minimum Gasteiger partial charge on any atom is -0.496 e. The number of fused-ring (bicyclic) bond motifs is 3. The number of hydrogen-bond acceptors (Lipinski definition) is 10. The highest BCUT2D eigenvalue weighted by Crippen LogP contribution is 2.38. The summed E-state index contributed by atoms with van der Waals surface area (Å²) in [5, 5.41) is 5.71. The molecule has 3 saturated heterocycles. The topological polar surface area (TPSA) is 116 Å². The molecule has 3 aliphatic heterocycles. The fourth-order valence-electron chi connectivity index (χ4n) is 6.45. The summed E-state index contributed by atoms with van der Waals surface area (Å²) in [6.07, 6.45) is 7.83. The second-order valence-corrected chi connectivity index (χ2v) is 13.6. The molecule has 0 unspecified atom stereocenters. The summed E-state index contributed by atoms with van der Waals surface area (Å²) in [4.78, 5) is 18.9. The van der Waals surface area contributed by atoms with Gasteiger partial charge >= 0.3 is 0 Å². The Hall–Kier alpha value is -3.77. The van der Waals surface area contributed by atoms with Crippen molar-refractivity contribution >= 4 is 32.2 Å². The SMILES string of the molecule is COc1ccncc1-c1cc2c(cnn2-c2cc(N3C[C@H](CS(C)(=O)=O)[C@H]3C)cc(N3C[C@H]4C[C@@H]3CO4)n2)c(C)n1. The molecule has 7 rings (SSSR count). The van der Waals surface area contributed by atoms with E-state index in [2.05, 4.69) is 27.8 Å². The quantitative estimate of drug-likeness (QED) is 0.326. The van der Waals surface area contributed by atoms with Gasteiger partial charge in [0, 0.05) is 72.6 Å². The maximum Gasteiger partial charge on any atom is 0.158 e. The second kappa shape index (κ2) is 9.66. The molecule has 0 radical (unpaired) electrons. The molecular formula is C29H33N7O4S. The van der Waals surface area contributed by atoms with Crippen LogP contribution in [0.15, 0.2) is 42.9 Å². The molecule has 0 N–H and O–H groups in total. The number of morpholine rings is 1. The maximum absolute atomic E-state index is 12.0. The van der Waals surface area contributed by atoms with E-state index in [0.717, 1.165) is 52.3 Å². The van der Waals surface area contributed by atoms with Gasteiger partial charge in [-0.1, -0.05) is 0 Å². The fourth-order valence-corrected chi connectivity index (χ4v) is 7.61. The van der Waals surface area contributed by atoms with E-state index in [1.54, 1.807) is 19.5 Å². The summed E-state index contributed by atoms with van der Waals surface area (Å²) in [6.45, 7) is 6.26. The third kappa shape index (κ3) is 4.58. The predicted octanol–water partition coefficient (Wildman–Crippen LogP) is 3.04. The van der Waals surface area contributed by atoms with Crippen LogP contribution in [0.2, 0.25) is 0 Å². The van der Waals surface area contributed by atoms with Crippen LogP contribution in [0.3, 0.4) is 0 Å². The zero-order valence-electron chi connectivity index (χ0n) is 23.6. The molecular weight excluding hydrogens is 542 g/mol. The second-order valence-electron chi connectivity index (χ2n) is 11.4. The van der Waals surface area contributed by atoms with Gasteiger partial charge in [0.1, 0.15) is 21.4 Å². The molecule has 0 aromatic carbocycles. The Morgan fingerprint density at radius 1 is 1.10 bits per heavy atom. The van der Waals surface area contributed by atoms with Gasteiger partial charge in [-0.2, -0.15) is 5.10 Å². The average Bonchev–Trinajstić information content (AvgIpc) is 3.70. The molecule has 4 aromatic rings. The van der Waals surface area contributed by atoms with Crippen LogP contribution in [0, 0.1) is 12.8 Å². The summed E-state index contributed by atoms with van der Waals surface area (Å²) >= 11 is 0. The molecule has 41 heavy (non-hydrogen) atoms. The van der Waals surface area contributed by atoms with Crippen LogP contribution in [0.4, 0.5) is 11.5 Å². The standard InChI is InChI=1S/C29H33N7O4S/c1-17-23-12-31-36(26(23)10-25(32-17)24-11-30-6-5-27(24)39-3)29-9-20(34-13-19(18(34)2)16-41(4,37)38)8-28(33-29)35-14-22-7-21(35)15-40-22/h5-6,8-12,18-19,21-22H,7,13-16H2,1-4H3/t18-,19-,21-,22-/m1/s1. The zero-order valence-corrected chi connectivity index (χ0v) is 24.4. The van der Waals surface area contributed by atoms with Gasteiger partial charge in [-0.25, -0.2) is 18.1 Å². The van der Waals surface area contributed by atoms with E-state index < -0.39 is 9.84 Å². The Labute approximate surface area is 239 Å². The molecule has 0 spiro atoms. The van der Waals surface area contributed by atoms with Gasteiger partial charge in [0.2, 0.25) is 0 Å². The highest BCUT2D eigenvalue weighted by atomic mass is 32.2. The number of ether oxygens (including phenoxy) is 2. The van der Waals surface area contributed by atoms with Crippen molar-refractivity contribution < 1.29 is 17.9 Å². The third-order valence-corrected chi connectivity index (χ3v) is 9.72. The van der Waals surface area contributed by atoms with Crippen molar-refractivity contribution in [3.8, 4) is 22.8 Å². The molecule has 0 saturated carbocycles. The molecule has 3 fully saturated rings. The number of nitrogens with zero attached hydrogens (tertiary/aromatic N) is 7. The Morgan fingerprint density at radius 3 is 2.63 bits per heavy atom. The predicted molar refractivity (Wildman–Crippen MR) is 157 cm³/mol. The largest absolute Gasteiger partial charge is 0.496 e. The van der Waals surface area contributed by atoms with Gasteiger partial charge < -0.3 is 19.3 Å². The molecule has 12 heteroatoms. The lowest BCUT2D eigenvalue weighted by Gasteiger charge is -2.48. The highest BCUT2D eigenvalue weighted by molar-refractivity contribution is 7.90. The van der Waals surface area contributed by atoms with Crippen molar-refractivity contribution in [1.29, 1.82) is 0 Å². The lowest BCUT2D eigenvalue weighted by atomic mass is 9.91. The lowest BCUT2D eigenvalue weighted by Crippen LogP contribution is -2.57. The van der Waals surface area contributed by atoms with Crippen LogP contribution < -0.4 is 14.5 Å². The molecule has 7 heterocycles. The summed E-state index contributed by atoms with van der Waals surface area (Å²) < 4.78 is 37.3. The maximum atomic E-state index is 12.0. The minimum atomic E-state index is -3.05. The van der Waals surface area contributed by atoms with Crippen molar-refractivity contribution in [2.45, 2.75) is 38.5 Å². The van der Waals surface area contributed by atoms with E-state index in [1.807, 2.05) is 36.0 Å². The Morgan fingerprint density at radius 2 is 1.93 bits per heavy atom. The van der Waals surface area contributed by atoms with Gasteiger partial charge in [-0.05, 0) is 32.4 Å². The minimum absolute atomic E-state index is 0.0941. The lowest BCUT2D eigenvalue weighted by molar-refractivity contribution is 0.0989. The molecule has 11 nitrogen and oxygen atoms in total. The number of aryl methyl sites for hydroxylation is 1. The van der Waals surface area contributed by atoms with Crippen LogP contribution in [0.5, 0.6) is 5.75 Å². The van der Waals surface area contributed by atoms with Gasteiger partial charge in [0.05, 0.1) is 54.6 Å². The third-order valence-electron chi connectivity index (χ3n) is 8.68. The number of hydrogen-bond donors (Lipinski definition) is 0. The van der Waals surface area contributed by atoms with Crippen molar-refractivity contribution in [2.75, 3.05) is 48.6 Å². The smallest absolute Gasteiger partial charge is 0.158 e. The van der Waals surface area contributed by atoms with Crippen molar-refractivity contribution in [3.63, 3.8) is 0 Å². The molecule has 214 valence electrons. The van der Waals surface area contributed by atoms with Crippen molar-refractivity contribution in [2.24, 2.45) is 5.92 Å². The normalized spacial score (nSPS) is 23.8.